The minimum atomic E-state index is 0.182. The summed E-state index contributed by atoms with van der Waals surface area (Å²) in [5, 5.41) is 3.63. The van der Waals surface area contributed by atoms with Gasteiger partial charge < -0.3 is 10.2 Å². The van der Waals surface area contributed by atoms with Crippen LogP contribution in [0.5, 0.6) is 0 Å². The highest BCUT2D eigenvalue weighted by atomic mass is 15.4. The van der Waals surface area contributed by atoms with Gasteiger partial charge in [0.15, 0.2) is 0 Å². The molecule has 2 rings (SSSR count). The van der Waals surface area contributed by atoms with Crippen molar-refractivity contribution in [3.8, 4) is 0 Å². The fraction of sp³-hybridized carbons (Fsp3) is 0.625. The fourth-order valence-electron chi connectivity index (χ4n) is 2.46. The first-order chi connectivity index (χ1) is 9.50. The van der Waals surface area contributed by atoms with Gasteiger partial charge in [0, 0.05) is 31.1 Å². The van der Waals surface area contributed by atoms with Crippen molar-refractivity contribution >= 4 is 0 Å². The molecule has 1 aromatic carbocycles. The van der Waals surface area contributed by atoms with E-state index < -0.39 is 0 Å². The first-order valence-electron chi connectivity index (χ1n) is 7.42. The van der Waals surface area contributed by atoms with Gasteiger partial charge in [0.05, 0.1) is 6.04 Å². The van der Waals surface area contributed by atoms with Crippen LogP contribution in [-0.4, -0.2) is 44.2 Å². The lowest BCUT2D eigenvalue weighted by Crippen LogP contribution is -2.47. The second-order valence-electron chi connectivity index (χ2n) is 6.51. The third-order valence-corrected chi connectivity index (χ3v) is 4.43. The van der Waals surface area contributed by atoms with Crippen molar-refractivity contribution < 1.29 is 0 Å². The van der Waals surface area contributed by atoms with Gasteiger partial charge in [0.1, 0.15) is 0 Å². The van der Waals surface area contributed by atoms with E-state index in [9.17, 15) is 0 Å². The molecule has 0 spiro atoms. The molecular formula is C16H28N4. The molecule has 0 aromatic heterocycles. The van der Waals surface area contributed by atoms with Crippen LogP contribution in [0.1, 0.15) is 25.5 Å². The SMILES string of the molecule is CN(C)C(C)(C)CNCC1CNNC1c1ccccc1. The van der Waals surface area contributed by atoms with Crippen molar-refractivity contribution in [2.75, 3.05) is 33.7 Å². The van der Waals surface area contributed by atoms with Gasteiger partial charge in [-0.1, -0.05) is 30.3 Å². The Hall–Kier alpha value is -0.940. The van der Waals surface area contributed by atoms with E-state index in [0.29, 0.717) is 12.0 Å². The molecule has 0 aliphatic carbocycles. The zero-order valence-corrected chi connectivity index (χ0v) is 13.1. The monoisotopic (exact) mass is 276 g/mol. The summed E-state index contributed by atoms with van der Waals surface area (Å²) in [6, 6.07) is 11.1. The fourth-order valence-corrected chi connectivity index (χ4v) is 2.46. The van der Waals surface area contributed by atoms with E-state index in [4.69, 9.17) is 0 Å². The summed E-state index contributed by atoms with van der Waals surface area (Å²) in [4.78, 5) is 2.26. The highest BCUT2D eigenvalue weighted by Crippen LogP contribution is 2.24. The van der Waals surface area contributed by atoms with Crippen molar-refractivity contribution in [1.82, 2.24) is 21.1 Å². The summed E-state index contributed by atoms with van der Waals surface area (Å²) >= 11 is 0. The zero-order valence-electron chi connectivity index (χ0n) is 13.1. The first kappa shape index (κ1) is 15.4. The highest BCUT2D eigenvalue weighted by Gasteiger charge is 2.28. The Morgan fingerprint density at radius 2 is 1.95 bits per heavy atom. The van der Waals surface area contributed by atoms with Crippen LogP contribution in [0.2, 0.25) is 0 Å². The predicted molar refractivity (Wildman–Crippen MR) is 84.4 cm³/mol. The van der Waals surface area contributed by atoms with Crippen LogP contribution < -0.4 is 16.2 Å². The highest BCUT2D eigenvalue weighted by molar-refractivity contribution is 5.20. The Kier molecular flexibility index (Phi) is 5.16. The number of nitrogens with one attached hydrogen (secondary N) is 3. The maximum absolute atomic E-state index is 3.63. The summed E-state index contributed by atoms with van der Waals surface area (Å²) in [7, 11) is 4.26. The van der Waals surface area contributed by atoms with E-state index >= 15 is 0 Å². The number of hydrazine groups is 1. The topological polar surface area (TPSA) is 39.3 Å². The minimum Gasteiger partial charge on any atom is -0.315 e. The summed E-state index contributed by atoms with van der Waals surface area (Å²) in [5.74, 6) is 0.579. The van der Waals surface area contributed by atoms with E-state index in [1.165, 1.54) is 5.56 Å². The van der Waals surface area contributed by atoms with E-state index in [1.54, 1.807) is 0 Å². The Labute approximate surface area is 122 Å². The summed E-state index contributed by atoms with van der Waals surface area (Å²) < 4.78 is 0. The third kappa shape index (κ3) is 3.79. The first-order valence-corrected chi connectivity index (χ1v) is 7.42. The smallest absolute Gasteiger partial charge is 0.0515 e. The Morgan fingerprint density at radius 1 is 1.25 bits per heavy atom. The van der Waals surface area contributed by atoms with Crippen molar-refractivity contribution in [1.29, 1.82) is 0 Å². The normalized spacial score (nSPS) is 23.4. The molecule has 1 saturated heterocycles. The number of hydrogen-bond donors (Lipinski definition) is 3. The average Bonchev–Trinajstić information content (AvgIpc) is 2.88. The lowest BCUT2D eigenvalue weighted by atomic mass is 9.94. The van der Waals surface area contributed by atoms with E-state index in [2.05, 4.69) is 79.3 Å². The van der Waals surface area contributed by atoms with Crippen LogP contribution in [0.4, 0.5) is 0 Å². The van der Waals surface area contributed by atoms with Gasteiger partial charge >= 0.3 is 0 Å². The minimum absolute atomic E-state index is 0.182. The van der Waals surface area contributed by atoms with Gasteiger partial charge in [-0.25, -0.2) is 5.43 Å². The molecule has 1 fully saturated rings. The molecule has 0 saturated carbocycles. The number of nitrogens with zero attached hydrogens (tertiary/aromatic N) is 1. The Balaban J connectivity index is 1.86. The number of likely N-dealkylation sites (N-methyl/N-ethyl adjacent to an activating group) is 1. The molecule has 4 nitrogen and oxygen atoms in total. The zero-order chi connectivity index (χ0) is 14.6. The molecule has 0 amide bonds. The van der Waals surface area contributed by atoms with Crippen LogP contribution in [0.25, 0.3) is 0 Å². The molecule has 2 atom stereocenters. The van der Waals surface area contributed by atoms with Crippen molar-refractivity contribution in [3.63, 3.8) is 0 Å². The van der Waals surface area contributed by atoms with Gasteiger partial charge in [-0.15, -0.1) is 0 Å². The molecule has 3 N–H and O–H groups in total. The van der Waals surface area contributed by atoms with E-state index in [-0.39, 0.29) is 5.54 Å². The lowest BCUT2D eigenvalue weighted by Gasteiger charge is -2.33. The molecule has 1 aromatic rings. The van der Waals surface area contributed by atoms with Gasteiger partial charge in [0.2, 0.25) is 0 Å². The molecule has 0 bridgehead atoms. The van der Waals surface area contributed by atoms with E-state index in [1.807, 2.05) is 0 Å². The molecule has 0 radical (unpaired) electrons. The summed E-state index contributed by atoms with van der Waals surface area (Å²) in [5.41, 5.74) is 8.22. The Morgan fingerprint density at radius 3 is 2.60 bits per heavy atom. The number of rotatable bonds is 6. The van der Waals surface area contributed by atoms with Crippen LogP contribution >= 0.6 is 0 Å². The van der Waals surface area contributed by atoms with Gasteiger partial charge in [-0.05, 0) is 33.5 Å². The number of benzene rings is 1. The maximum atomic E-state index is 3.63. The van der Waals surface area contributed by atoms with Crippen molar-refractivity contribution in [2.45, 2.75) is 25.4 Å². The van der Waals surface area contributed by atoms with Gasteiger partial charge in [-0.3, -0.25) is 5.43 Å². The van der Waals surface area contributed by atoms with E-state index in [0.717, 1.165) is 19.6 Å². The summed E-state index contributed by atoms with van der Waals surface area (Å²) in [6.45, 7) is 7.56. The molecule has 1 aliphatic heterocycles. The second-order valence-corrected chi connectivity index (χ2v) is 6.51. The third-order valence-electron chi connectivity index (χ3n) is 4.43. The van der Waals surface area contributed by atoms with Crippen LogP contribution in [-0.2, 0) is 0 Å². The molecule has 1 heterocycles. The molecule has 4 heteroatoms. The van der Waals surface area contributed by atoms with Crippen LogP contribution in [0.15, 0.2) is 30.3 Å². The maximum Gasteiger partial charge on any atom is 0.0515 e. The molecular weight excluding hydrogens is 248 g/mol. The van der Waals surface area contributed by atoms with Gasteiger partial charge in [0.25, 0.3) is 0 Å². The largest absolute Gasteiger partial charge is 0.315 e. The Bertz CT molecular complexity index is 402. The summed E-state index contributed by atoms with van der Waals surface area (Å²) in [6.07, 6.45) is 0. The van der Waals surface area contributed by atoms with Crippen molar-refractivity contribution in [2.24, 2.45) is 5.92 Å². The number of hydrogen-bond acceptors (Lipinski definition) is 4. The van der Waals surface area contributed by atoms with Crippen LogP contribution in [0, 0.1) is 5.92 Å². The molecule has 2 unspecified atom stereocenters. The quantitative estimate of drug-likeness (QED) is 0.734. The molecule has 112 valence electrons. The van der Waals surface area contributed by atoms with Crippen molar-refractivity contribution in [3.05, 3.63) is 35.9 Å². The van der Waals surface area contributed by atoms with Gasteiger partial charge in [-0.2, -0.15) is 0 Å². The lowest BCUT2D eigenvalue weighted by molar-refractivity contribution is 0.187. The average molecular weight is 276 g/mol. The second kappa shape index (κ2) is 6.68. The molecule has 20 heavy (non-hydrogen) atoms. The molecule has 1 aliphatic rings. The van der Waals surface area contributed by atoms with Crippen LogP contribution in [0.3, 0.4) is 0 Å². The predicted octanol–water partition coefficient (Wildman–Crippen LogP) is 1.38. The standard InChI is InChI=1S/C16H28N4/c1-16(2,20(3)4)12-17-10-14-11-18-19-15(14)13-8-6-5-7-9-13/h5-9,14-15,17-19H,10-12H2,1-4H3.